The van der Waals surface area contributed by atoms with E-state index in [1.807, 2.05) is 6.92 Å². The molecular weight excluding hydrogens is 148 g/mol. The summed E-state index contributed by atoms with van der Waals surface area (Å²) >= 11 is 0. The number of hydrogen-bond acceptors (Lipinski definition) is 2. The average Bonchev–Trinajstić information content (AvgIpc) is 1.89. The predicted molar refractivity (Wildman–Crippen MR) is 43.6 cm³/mol. The normalized spacial score (nSPS) is 13.9. The van der Waals surface area contributed by atoms with Gasteiger partial charge in [-0.1, -0.05) is 26.7 Å². The van der Waals surface area contributed by atoms with Gasteiger partial charge >= 0.3 is 0 Å². The lowest BCUT2D eigenvalue weighted by Gasteiger charge is -2.04. The van der Waals surface area contributed by atoms with Crippen molar-refractivity contribution < 1.29 is 8.42 Å². The summed E-state index contributed by atoms with van der Waals surface area (Å²) in [4.78, 5) is 0. The van der Waals surface area contributed by atoms with Gasteiger partial charge in [0.15, 0.2) is 0 Å². The highest BCUT2D eigenvalue weighted by molar-refractivity contribution is 7.73. The Balaban J connectivity index is 3.61. The van der Waals surface area contributed by atoms with E-state index < -0.39 is 10.7 Å². The van der Waals surface area contributed by atoms with Gasteiger partial charge in [0.25, 0.3) is 0 Å². The van der Waals surface area contributed by atoms with Crippen LogP contribution in [0.4, 0.5) is 0 Å². The molecule has 0 aliphatic rings. The highest BCUT2D eigenvalue weighted by Crippen LogP contribution is 2.06. The fourth-order valence-electron chi connectivity index (χ4n) is 0.839. The van der Waals surface area contributed by atoms with Crippen molar-refractivity contribution in [3.05, 3.63) is 6.92 Å². The third-order valence-electron chi connectivity index (χ3n) is 1.56. The molecule has 1 radical (unpaired) electrons. The van der Waals surface area contributed by atoms with Gasteiger partial charge in [-0.15, -0.1) is 0 Å². The Morgan fingerprint density at radius 1 is 1.50 bits per heavy atom. The molecular formula is C7H15O2S. The SMILES string of the molecule is [CH2]CCCC(CC)[SH](=O)=O. The molecule has 10 heavy (non-hydrogen) atoms. The zero-order valence-corrected chi connectivity index (χ0v) is 7.27. The van der Waals surface area contributed by atoms with E-state index >= 15 is 0 Å². The fraction of sp³-hybridized carbons (Fsp3) is 0.857. The van der Waals surface area contributed by atoms with Crippen LogP contribution >= 0.6 is 0 Å². The molecule has 1 atom stereocenters. The van der Waals surface area contributed by atoms with E-state index in [9.17, 15) is 8.42 Å². The van der Waals surface area contributed by atoms with Crippen molar-refractivity contribution in [2.45, 2.75) is 37.9 Å². The fourth-order valence-corrected chi connectivity index (χ4v) is 1.53. The van der Waals surface area contributed by atoms with E-state index in [1.54, 1.807) is 0 Å². The molecule has 0 aliphatic heterocycles. The summed E-state index contributed by atoms with van der Waals surface area (Å²) in [7, 11) is -2.20. The lowest BCUT2D eigenvalue weighted by Crippen LogP contribution is -2.07. The van der Waals surface area contributed by atoms with E-state index in [0.29, 0.717) is 0 Å². The summed E-state index contributed by atoms with van der Waals surface area (Å²) in [6.07, 6.45) is 3.26. The van der Waals surface area contributed by atoms with Gasteiger partial charge in [0.1, 0.15) is 10.7 Å². The highest BCUT2D eigenvalue weighted by atomic mass is 32.2. The van der Waals surface area contributed by atoms with Crippen molar-refractivity contribution in [3.8, 4) is 0 Å². The zero-order valence-electron chi connectivity index (χ0n) is 6.38. The van der Waals surface area contributed by atoms with Crippen LogP contribution < -0.4 is 0 Å². The van der Waals surface area contributed by atoms with Crippen LogP contribution in [0.5, 0.6) is 0 Å². The second-order valence-corrected chi connectivity index (χ2v) is 3.64. The molecule has 3 heteroatoms. The van der Waals surface area contributed by atoms with Crippen molar-refractivity contribution in [2.75, 3.05) is 0 Å². The molecule has 0 aromatic rings. The first-order valence-electron chi connectivity index (χ1n) is 3.65. The topological polar surface area (TPSA) is 34.1 Å². The maximum Gasteiger partial charge on any atom is 0.142 e. The summed E-state index contributed by atoms with van der Waals surface area (Å²) in [5.74, 6) is 0. The van der Waals surface area contributed by atoms with Gasteiger partial charge in [0.2, 0.25) is 0 Å². The van der Waals surface area contributed by atoms with Gasteiger partial charge in [0.05, 0.1) is 5.25 Å². The van der Waals surface area contributed by atoms with Gasteiger partial charge in [-0.05, 0) is 12.8 Å². The summed E-state index contributed by atoms with van der Waals surface area (Å²) in [6.45, 7) is 5.56. The number of hydrogen-bond donors (Lipinski definition) is 1. The maximum absolute atomic E-state index is 10.5. The largest absolute Gasteiger partial charge is 0.232 e. The lowest BCUT2D eigenvalue weighted by atomic mass is 10.2. The van der Waals surface area contributed by atoms with E-state index in [2.05, 4.69) is 6.92 Å². The Bertz CT molecular complexity index is 133. The molecule has 0 bridgehead atoms. The van der Waals surface area contributed by atoms with Gasteiger partial charge in [0, 0.05) is 0 Å². The van der Waals surface area contributed by atoms with E-state index in [4.69, 9.17) is 0 Å². The predicted octanol–water partition coefficient (Wildman–Crippen LogP) is 1.38. The molecule has 0 N–H and O–H groups in total. The van der Waals surface area contributed by atoms with Crippen LogP contribution in [0.2, 0.25) is 0 Å². The molecule has 0 heterocycles. The molecule has 2 nitrogen and oxygen atoms in total. The third kappa shape index (κ3) is 3.88. The first-order chi connectivity index (χ1) is 4.72. The smallest absolute Gasteiger partial charge is 0.142 e. The van der Waals surface area contributed by atoms with Crippen LogP contribution in [0.15, 0.2) is 0 Å². The number of rotatable bonds is 5. The first-order valence-corrected chi connectivity index (χ1v) is 4.89. The van der Waals surface area contributed by atoms with Crippen LogP contribution in [0.25, 0.3) is 0 Å². The second-order valence-electron chi connectivity index (χ2n) is 2.34. The molecule has 0 fully saturated rings. The van der Waals surface area contributed by atoms with Crippen molar-refractivity contribution >= 4 is 10.7 Å². The Morgan fingerprint density at radius 2 is 2.10 bits per heavy atom. The molecule has 1 unspecified atom stereocenters. The number of unbranched alkanes of at least 4 members (excludes halogenated alkanes) is 1. The minimum Gasteiger partial charge on any atom is -0.232 e. The molecule has 61 valence electrons. The van der Waals surface area contributed by atoms with E-state index in [-0.39, 0.29) is 5.25 Å². The average molecular weight is 163 g/mol. The van der Waals surface area contributed by atoms with Gasteiger partial charge < -0.3 is 0 Å². The monoisotopic (exact) mass is 163 g/mol. The summed E-state index contributed by atoms with van der Waals surface area (Å²) in [5.41, 5.74) is 0. The maximum atomic E-state index is 10.5. The molecule has 0 saturated heterocycles. The molecule has 0 aromatic heterocycles. The Hall–Kier alpha value is -0.0500. The number of thiol groups is 1. The molecule has 0 spiro atoms. The van der Waals surface area contributed by atoms with Crippen LogP contribution in [-0.2, 0) is 10.7 Å². The van der Waals surface area contributed by atoms with Gasteiger partial charge in [-0.2, -0.15) is 0 Å². The Kier molecular flexibility index (Phi) is 5.69. The standard InChI is InChI=1S/C7H15O2S/c1-3-5-6-7(4-2)10(8)9/h7,10H,1,3-6H2,2H3. The third-order valence-corrected chi connectivity index (χ3v) is 2.78. The molecule has 0 aromatic carbocycles. The Morgan fingerprint density at radius 3 is 2.40 bits per heavy atom. The van der Waals surface area contributed by atoms with E-state index in [1.165, 1.54) is 0 Å². The summed E-state index contributed by atoms with van der Waals surface area (Å²) < 4.78 is 20.9. The van der Waals surface area contributed by atoms with Crippen LogP contribution in [0, 0.1) is 6.92 Å². The quantitative estimate of drug-likeness (QED) is 0.621. The van der Waals surface area contributed by atoms with Crippen LogP contribution in [0.1, 0.15) is 32.6 Å². The minimum absolute atomic E-state index is 0.114. The summed E-state index contributed by atoms with van der Waals surface area (Å²) in [5, 5.41) is -0.114. The van der Waals surface area contributed by atoms with Gasteiger partial charge in [-0.25, -0.2) is 8.42 Å². The van der Waals surface area contributed by atoms with Crippen LogP contribution in [0.3, 0.4) is 0 Å². The second kappa shape index (κ2) is 5.71. The molecule has 0 rings (SSSR count). The minimum atomic E-state index is -2.20. The zero-order chi connectivity index (χ0) is 7.98. The van der Waals surface area contributed by atoms with E-state index in [0.717, 1.165) is 25.7 Å². The van der Waals surface area contributed by atoms with Crippen LogP contribution in [-0.4, -0.2) is 13.7 Å². The van der Waals surface area contributed by atoms with Crippen molar-refractivity contribution in [1.82, 2.24) is 0 Å². The van der Waals surface area contributed by atoms with Crippen molar-refractivity contribution in [1.29, 1.82) is 0 Å². The molecule has 0 saturated carbocycles. The Labute approximate surface area is 64.6 Å². The van der Waals surface area contributed by atoms with Crippen molar-refractivity contribution in [3.63, 3.8) is 0 Å². The van der Waals surface area contributed by atoms with Gasteiger partial charge in [-0.3, -0.25) is 0 Å². The van der Waals surface area contributed by atoms with Crippen molar-refractivity contribution in [2.24, 2.45) is 0 Å². The highest BCUT2D eigenvalue weighted by Gasteiger charge is 2.06. The molecule has 0 aliphatic carbocycles. The lowest BCUT2D eigenvalue weighted by molar-refractivity contribution is 0.579. The molecule has 0 amide bonds. The summed E-state index contributed by atoms with van der Waals surface area (Å²) in [6, 6.07) is 0. The first kappa shape index (κ1) is 9.95.